The lowest BCUT2D eigenvalue weighted by molar-refractivity contribution is -0.224. The molecule has 42 heavy (non-hydrogen) atoms. The lowest BCUT2D eigenvalue weighted by Gasteiger charge is -2.66. The molecule has 1 amide bonds. The van der Waals surface area contributed by atoms with Gasteiger partial charge in [0.25, 0.3) is 0 Å². The van der Waals surface area contributed by atoms with E-state index in [-0.39, 0.29) is 29.7 Å². The van der Waals surface area contributed by atoms with E-state index in [1.807, 2.05) is 50.4 Å². The summed E-state index contributed by atoms with van der Waals surface area (Å²) in [5, 5.41) is 24.0. The average Bonchev–Trinajstić information content (AvgIpc) is 3.34. The fourth-order valence-electron chi connectivity index (χ4n) is 8.81. The number of benzene rings is 3. The quantitative estimate of drug-likeness (QED) is 0.418. The van der Waals surface area contributed by atoms with Crippen LogP contribution in [0, 0.1) is 12.8 Å². The zero-order valence-corrected chi connectivity index (χ0v) is 24.7. The van der Waals surface area contributed by atoms with E-state index < -0.39 is 17.1 Å². The van der Waals surface area contributed by atoms with Gasteiger partial charge in [-0.25, -0.2) is 0 Å². The molecule has 1 spiro atoms. The number of rotatable bonds is 6. The highest BCUT2D eigenvalue weighted by atomic mass is 16.5. The number of aromatic hydroxyl groups is 1. The minimum Gasteiger partial charge on any atom is -0.504 e. The smallest absolute Gasteiger partial charge is 0.246 e. The summed E-state index contributed by atoms with van der Waals surface area (Å²) >= 11 is 0. The van der Waals surface area contributed by atoms with E-state index in [1.54, 1.807) is 17.0 Å². The largest absolute Gasteiger partial charge is 0.504 e. The maximum absolute atomic E-state index is 13.6. The topological polar surface area (TPSA) is 73.2 Å². The van der Waals surface area contributed by atoms with Crippen LogP contribution in [0.4, 0.5) is 0 Å². The first-order chi connectivity index (χ1) is 20.2. The number of hydrogen-bond donors (Lipinski definition) is 2. The monoisotopic (exact) mass is 564 g/mol. The molecule has 6 atom stereocenters. The number of nitrogens with zero attached hydrogens (tertiary/aromatic N) is 2. The van der Waals surface area contributed by atoms with Gasteiger partial charge in [-0.3, -0.25) is 9.69 Å². The minimum absolute atomic E-state index is 0.0674. The number of aliphatic hydroxyl groups is 1. The third-order valence-corrected chi connectivity index (χ3v) is 10.8. The highest BCUT2D eigenvalue weighted by Crippen LogP contribution is 2.67. The fourth-order valence-corrected chi connectivity index (χ4v) is 8.81. The molecule has 3 aromatic carbocycles. The van der Waals surface area contributed by atoms with Crippen molar-refractivity contribution in [1.29, 1.82) is 0 Å². The Bertz CT molecular complexity index is 1550. The molecule has 2 N–H and O–H groups in total. The van der Waals surface area contributed by atoms with Crippen LogP contribution in [0.15, 0.2) is 72.8 Å². The molecular formula is C36H40N2O4. The number of likely N-dealkylation sites (tertiary alicyclic amines) is 1. The molecular weight excluding hydrogens is 524 g/mol. The summed E-state index contributed by atoms with van der Waals surface area (Å²) in [7, 11) is 1.85. The summed E-state index contributed by atoms with van der Waals surface area (Å²) in [6.45, 7) is 5.89. The van der Waals surface area contributed by atoms with Crippen molar-refractivity contribution >= 4 is 12.0 Å². The molecule has 1 saturated carbocycles. The average molecular weight is 565 g/mol. The Kier molecular flexibility index (Phi) is 6.48. The fraction of sp³-hybridized carbons (Fsp3) is 0.417. The maximum Gasteiger partial charge on any atom is 0.246 e. The number of carbonyl (C=O) groups excluding carboxylic acids is 1. The van der Waals surface area contributed by atoms with Crippen LogP contribution in [-0.4, -0.2) is 69.8 Å². The highest BCUT2D eigenvalue weighted by molar-refractivity contribution is 5.92. The lowest BCUT2D eigenvalue weighted by atomic mass is 9.45. The molecule has 2 aliphatic heterocycles. The summed E-state index contributed by atoms with van der Waals surface area (Å²) in [6.07, 6.45) is 6.04. The van der Waals surface area contributed by atoms with Gasteiger partial charge in [-0.15, -0.1) is 0 Å². The second-order valence-corrected chi connectivity index (χ2v) is 12.9. The van der Waals surface area contributed by atoms with Crippen molar-refractivity contribution in [3.63, 3.8) is 0 Å². The van der Waals surface area contributed by atoms with Crippen LogP contribution in [0.3, 0.4) is 0 Å². The van der Waals surface area contributed by atoms with Gasteiger partial charge in [0.2, 0.25) is 5.91 Å². The van der Waals surface area contributed by atoms with Crippen LogP contribution in [0.25, 0.3) is 6.08 Å². The Hall–Kier alpha value is -3.61. The number of hydrogen-bond acceptors (Lipinski definition) is 5. The van der Waals surface area contributed by atoms with Crippen LogP contribution in [-0.2, 0) is 23.1 Å². The number of likely N-dealkylation sites (N-methyl/N-ethyl adjacent to an activating group) is 1. The van der Waals surface area contributed by atoms with Crippen LogP contribution in [0.2, 0.25) is 0 Å². The molecule has 7 rings (SSSR count). The van der Waals surface area contributed by atoms with Crippen molar-refractivity contribution in [2.45, 2.75) is 68.7 Å². The number of phenols is 1. The normalized spacial score (nSPS) is 31.0. The second kappa shape index (κ2) is 9.99. The van der Waals surface area contributed by atoms with Gasteiger partial charge < -0.3 is 19.8 Å². The zero-order valence-electron chi connectivity index (χ0n) is 24.7. The Balaban J connectivity index is 1.24. The lowest BCUT2D eigenvalue weighted by Crippen LogP contribution is -2.80. The van der Waals surface area contributed by atoms with Gasteiger partial charge in [0.1, 0.15) is 6.10 Å². The first-order valence-electron chi connectivity index (χ1n) is 15.3. The van der Waals surface area contributed by atoms with Gasteiger partial charge in [0.05, 0.1) is 17.1 Å². The van der Waals surface area contributed by atoms with Gasteiger partial charge in [-0.05, 0) is 73.9 Å². The Morgan fingerprint density at radius 1 is 1.14 bits per heavy atom. The third-order valence-electron chi connectivity index (χ3n) is 10.8. The number of aryl methyl sites for hydroxylation is 1. The van der Waals surface area contributed by atoms with Gasteiger partial charge in [0, 0.05) is 31.3 Å². The molecule has 2 fully saturated rings. The molecule has 2 aliphatic carbocycles. The summed E-state index contributed by atoms with van der Waals surface area (Å²) in [5.41, 5.74) is 3.81. The third kappa shape index (κ3) is 3.88. The highest BCUT2D eigenvalue weighted by Gasteiger charge is 2.75. The molecule has 2 heterocycles. The molecule has 218 valence electrons. The SMILES string of the molecule is Cc1cccc(C=CC(=O)N(C)[C@@H]2C[C@H](C)[C@@]3(O)[C@H]4Cc5ccc(O)c6c5[C@@]3(CCN4CCc3ccccc3)[C@@H]2O6)c1. The summed E-state index contributed by atoms with van der Waals surface area (Å²) < 4.78 is 6.70. The van der Waals surface area contributed by atoms with Crippen LogP contribution >= 0.6 is 0 Å². The van der Waals surface area contributed by atoms with Gasteiger partial charge in [-0.1, -0.05) is 73.2 Å². The van der Waals surface area contributed by atoms with E-state index >= 15 is 0 Å². The molecule has 6 nitrogen and oxygen atoms in total. The van der Waals surface area contributed by atoms with Crippen molar-refractivity contribution in [2.75, 3.05) is 20.1 Å². The standard InChI is InChI=1S/C36H40N2O4/c1-23-8-7-11-26(20-23)12-15-31(40)37(3)28-21-24(2)36(41)30-22-27-13-14-29(39)33-32(27)35(36,34(28)42-33)17-19-38(30)18-16-25-9-5-4-6-10-25/h4-15,20,24,28,30,34,39,41H,16-19,21-22H2,1-3H3/t24-,28+,30+,34+,35-,36+/m0/s1. The Morgan fingerprint density at radius 2 is 1.95 bits per heavy atom. The molecule has 3 aromatic rings. The molecule has 2 bridgehead atoms. The summed E-state index contributed by atoms with van der Waals surface area (Å²) in [6, 6.07) is 22.1. The van der Waals surface area contributed by atoms with Gasteiger partial charge in [-0.2, -0.15) is 0 Å². The number of carbonyl (C=O) groups is 1. The van der Waals surface area contributed by atoms with Crippen molar-refractivity contribution in [3.05, 3.63) is 101 Å². The molecule has 4 aliphatic rings. The first kappa shape index (κ1) is 27.2. The van der Waals surface area contributed by atoms with Gasteiger partial charge >= 0.3 is 0 Å². The maximum atomic E-state index is 13.6. The van der Waals surface area contributed by atoms with Crippen molar-refractivity contribution in [1.82, 2.24) is 9.80 Å². The van der Waals surface area contributed by atoms with Gasteiger partial charge in [0.15, 0.2) is 11.5 Å². The van der Waals surface area contributed by atoms with Crippen molar-refractivity contribution in [3.8, 4) is 11.5 Å². The summed E-state index contributed by atoms with van der Waals surface area (Å²) in [5.74, 6) is 0.448. The molecule has 1 saturated heterocycles. The van der Waals surface area contributed by atoms with Crippen LogP contribution < -0.4 is 4.74 Å². The number of piperidine rings is 1. The number of phenolic OH excluding ortho intramolecular Hbond substituents is 1. The molecule has 0 aromatic heterocycles. The van der Waals surface area contributed by atoms with Crippen molar-refractivity contribution < 1.29 is 19.7 Å². The second-order valence-electron chi connectivity index (χ2n) is 12.9. The van der Waals surface area contributed by atoms with E-state index in [0.717, 1.165) is 48.2 Å². The van der Waals surface area contributed by atoms with Crippen molar-refractivity contribution in [2.24, 2.45) is 5.92 Å². The molecule has 0 radical (unpaired) electrons. The van der Waals surface area contributed by atoms with E-state index in [2.05, 4.69) is 42.2 Å². The minimum atomic E-state index is -1.05. The Morgan fingerprint density at radius 3 is 2.74 bits per heavy atom. The number of ether oxygens (including phenoxy) is 1. The summed E-state index contributed by atoms with van der Waals surface area (Å²) in [4.78, 5) is 17.9. The predicted octanol–water partition coefficient (Wildman–Crippen LogP) is 4.88. The van der Waals surface area contributed by atoms with E-state index in [9.17, 15) is 15.0 Å². The zero-order chi connectivity index (χ0) is 29.2. The predicted molar refractivity (Wildman–Crippen MR) is 164 cm³/mol. The Labute approximate surface area is 248 Å². The van der Waals surface area contributed by atoms with E-state index in [0.29, 0.717) is 18.6 Å². The first-order valence-corrected chi connectivity index (χ1v) is 15.3. The number of amides is 1. The van der Waals surface area contributed by atoms with E-state index in [1.165, 1.54) is 5.56 Å². The van der Waals surface area contributed by atoms with Crippen LogP contribution in [0.5, 0.6) is 11.5 Å². The molecule has 0 unspecified atom stereocenters. The van der Waals surface area contributed by atoms with E-state index in [4.69, 9.17) is 4.74 Å². The van der Waals surface area contributed by atoms with Crippen LogP contribution in [0.1, 0.15) is 47.6 Å². The molecule has 6 heteroatoms.